The molecule has 0 aliphatic carbocycles. The standard InChI is InChI=1S/C21H29N5O4/c1-14-8-4-5-9-16(14)30-13-15(27)12-26-17-18(22-20(26)25-10-6-7-11-25)23(2)21(29)24(3)19(17)28/h4-5,8-9,15,17-18,27H,6-7,10-13H2,1-3H3. The van der Waals surface area contributed by atoms with Crippen LogP contribution in [0.5, 0.6) is 5.75 Å². The highest BCUT2D eigenvalue weighted by Gasteiger charge is 2.52. The molecule has 0 saturated carbocycles. The van der Waals surface area contributed by atoms with Gasteiger partial charge in [0, 0.05) is 27.2 Å². The Morgan fingerprint density at radius 2 is 1.90 bits per heavy atom. The minimum absolute atomic E-state index is 0.102. The second-order valence-electron chi connectivity index (χ2n) is 8.16. The summed E-state index contributed by atoms with van der Waals surface area (Å²) in [7, 11) is 3.15. The molecule has 1 aromatic carbocycles. The number of likely N-dealkylation sites (N-methyl/N-ethyl adjacent to an activating group) is 2. The van der Waals surface area contributed by atoms with Crippen molar-refractivity contribution in [3.63, 3.8) is 0 Å². The highest BCUT2D eigenvalue weighted by molar-refractivity contribution is 6.03. The molecule has 0 bridgehead atoms. The van der Waals surface area contributed by atoms with Gasteiger partial charge in [-0.05, 0) is 31.4 Å². The smallest absolute Gasteiger partial charge is 0.328 e. The lowest BCUT2D eigenvalue weighted by atomic mass is 10.1. The fourth-order valence-corrected chi connectivity index (χ4v) is 4.31. The van der Waals surface area contributed by atoms with Crippen molar-refractivity contribution in [2.24, 2.45) is 4.99 Å². The first kappa shape index (κ1) is 20.5. The number of aryl methyl sites for hydroxylation is 1. The number of likely N-dealkylation sites (tertiary alicyclic amines) is 1. The quantitative estimate of drug-likeness (QED) is 0.762. The SMILES string of the molecule is Cc1ccccc1OCC(O)CN1C(N2CCCC2)=NC2C1C(=O)N(C)C(=O)N2C. The van der Waals surface area contributed by atoms with Crippen molar-refractivity contribution in [3.8, 4) is 5.75 Å². The fraction of sp³-hybridized carbons (Fsp3) is 0.571. The normalized spacial score (nSPS) is 25.0. The number of carbonyl (C=O) groups is 2. The van der Waals surface area contributed by atoms with E-state index in [1.54, 1.807) is 7.05 Å². The first-order valence-electron chi connectivity index (χ1n) is 10.4. The van der Waals surface area contributed by atoms with E-state index in [1.165, 1.54) is 11.9 Å². The molecule has 1 aromatic rings. The number of amides is 3. The van der Waals surface area contributed by atoms with E-state index in [0.717, 1.165) is 42.1 Å². The number of rotatable bonds is 5. The summed E-state index contributed by atoms with van der Waals surface area (Å²) in [6, 6.07) is 6.64. The van der Waals surface area contributed by atoms with Gasteiger partial charge in [0.25, 0.3) is 5.91 Å². The molecule has 0 radical (unpaired) electrons. The van der Waals surface area contributed by atoms with Gasteiger partial charge < -0.3 is 24.5 Å². The van der Waals surface area contributed by atoms with E-state index < -0.39 is 18.3 Å². The third kappa shape index (κ3) is 3.58. The maximum absolute atomic E-state index is 13.0. The molecule has 3 atom stereocenters. The summed E-state index contributed by atoms with van der Waals surface area (Å²) in [6.45, 7) is 3.96. The molecule has 9 heteroatoms. The minimum atomic E-state index is -0.822. The van der Waals surface area contributed by atoms with Gasteiger partial charge >= 0.3 is 6.03 Å². The van der Waals surface area contributed by atoms with Crippen LogP contribution in [0.4, 0.5) is 4.79 Å². The number of fused-ring (bicyclic) bond motifs is 1. The average molecular weight is 415 g/mol. The van der Waals surface area contributed by atoms with Crippen molar-refractivity contribution in [1.82, 2.24) is 19.6 Å². The number of carbonyl (C=O) groups excluding carboxylic acids is 2. The Morgan fingerprint density at radius 3 is 2.60 bits per heavy atom. The largest absolute Gasteiger partial charge is 0.491 e. The number of aliphatic hydroxyl groups excluding tert-OH is 1. The van der Waals surface area contributed by atoms with E-state index in [4.69, 9.17) is 9.73 Å². The molecule has 4 rings (SSSR count). The van der Waals surface area contributed by atoms with Crippen LogP contribution in [-0.4, -0.2) is 101 Å². The van der Waals surface area contributed by atoms with Gasteiger partial charge in [-0.25, -0.2) is 9.79 Å². The van der Waals surface area contributed by atoms with Crippen molar-refractivity contribution in [1.29, 1.82) is 0 Å². The van der Waals surface area contributed by atoms with Gasteiger partial charge in [0.15, 0.2) is 18.2 Å². The van der Waals surface area contributed by atoms with Crippen molar-refractivity contribution >= 4 is 17.9 Å². The van der Waals surface area contributed by atoms with Crippen molar-refractivity contribution in [3.05, 3.63) is 29.8 Å². The average Bonchev–Trinajstić information content (AvgIpc) is 3.38. The molecule has 1 N–H and O–H groups in total. The number of aliphatic hydroxyl groups is 1. The summed E-state index contributed by atoms with van der Waals surface area (Å²) in [6.07, 6.45) is 0.714. The van der Waals surface area contributed by atoms with E-state index in [0.29, 0.717) is 5.96 Å². The number of hydrogen-bond donors (Lipinski definition) is 1. The lowest BCUT2D eigenvalue weighted by molar-refractivity contribution is -0.136. The lowest BCUT2D eigenvalue weighted by Crippen LogP contribution is -2.65. The second-order valence-corrected chi connectivity index (χ2v) is 8.16. The molecule has 3 heterocycles. The molecule has 30 heavy (non-hydrogen) atoms. The number of guanidine groups is 1. The summed E-state index contributed by atoms with van der Waals surface area (Å²) in [4.78, 5) is 36.7. The minimum Gasteiger partial charge on any atom is -0.491 e. The summed E-state index contributed by atoms with van der Waals surface area (Å²) in [5.74, 6) is 1.11. The van der Waals surface area contributed by atoms with Gasteiger partial charge in [0.1, 0.15) is 18.5 Å². The molecule has 0 aromatic heterocycles. The summed E-state index contributed by atoms with van der Waals surface area (Å²) < 4.78 is 5.80. The number of para-hydroxylation sites is 1. The Hall–Kier alpha value is -2.81. The highest BCUT2D eigenvalue weighted by atomic mass is 16.5. The monoisotopic (exact) mass is 415 g/mol. The predicted molar refractivity (Wildman–Crippen MR) is 111 cm³/mol. The molecule has 9 nitrogen and oxygen atoms in total. The summed E-state index contributed by atoms with van der Waals surface area (Å²) in [5, 5.41) is 10.7. The number of aliphatic imine (C=N–C) groups is 1. The Morgan fingerprint density at radius 1 is 1.20 bits per heavy atom. The number of benzene rings is 1. The van der Waals surface area contributed by atoms with Crippen LogP contribution < -0.4 is 4.74 Å². The van der Waals surface area contributed by atoms with Crippen LogP contribution in [0.25, 0.3) is 0 Å². The van der Waals surface area contributed by atoms with Crippen LogP contribution in [0.1, 0.15) is 18.4 Å². The van der Waals surface area contributed by atoms with Gasteiger partial charge in [-0.3, -0.25) is 9.69 Å². The zero-order valence-corrected chi connectivity index (χ0v) is 17.7. The molecule has 2 saturated heterocycles. The Balaban J connectivity index is 1.52. The van der Waals surface area contributed by atoms with Crippen LogP contribution in [-0.2, 0) is 4.79 Å². The van der Waals surface area contributed by atoms with E-state index in [9.17, 15) is 14.7 Å². The third-order valence-electron chi connectivity index (χ3n) is 6.01. The maximum Gasteiger partial charge on any atom is 0.328 e. The van der Waals surface area contributed by atoms with Crippen LogP contribution in [0.2, 0.25) is 0 Å². The fourth-order valence-electron chi connectivity index (χ4n) is 4.31. The highest BCUT2D eigenvalue weighted by Crippen LogP contribution is 2.29. The molecule has 2 fully saturated rings. The Labute approximate surface area is 176 Å². The van der Waals surface area contributed by atoms with Crippen LogP contribution in [0.15, 0.2) is 29.3 Å². The number of urea groups is 1. The first-order valence-corrected chi connectivity index (χ1v) is 10.4. The summed E-state index contributed by atoms with van der Waals surface area (Å²) >= 11 is 0. The molecule has 3 unspecified atom stereocenters. The van der Waals surface area contributed by atoms with Crippen molar-refractivity contribution < 1.29 is 19.4 Å². The Kier molecular flexibility index (Phi) is 5.55. The summed E-state index contributed by atoms with van der Waals surface area (Å²) in [5.41, 5.74) is 0.995. The maximum atomic E-state index is 13.0. The molecule has 3 amide bonds. The zero-order chi connectivity index (χ0) is 21.4. The van der Waals surface area contributed by atoms with Crippen LogP contribution >= 0.6 is 0 Å². The van der Waals surface area contributed by atoms with Gasteiger partial charge in [-0.15, -0.1) is 0 Å². The van der Waals surface area contributed by atoms with Gasteiger partial charge in [-0.2, -0.15) is 0 Å². The zero-order valence-electron chi connectivity index (χ0n) is 17.7. The van der Waals surface area contributed by atoms with Crippen LogP contribution in [0.3, 0.4) is 0 Å². The molecule has 3 aliphatic heterocycles. The van der Waals surface area contributed by atoms with E-state index in [2.05, 4.69) is 4.90 Å². The van der Waals surface area contributed by atoms with Crippen molar-refractivity contribution in [2.45, 2.75) is 38.1 Å². The second kappa shape index (κ2) is 8.14. The van der Waals surface area contributed by atoms with Crippen LogP contribution in [0, 0.1) is 6.92 Å². The number of β-amino-alcohol motifs (C(OH)–C–C–N with tert-alkyl or cyclic N) is 1. The van der Waals surface area contributed by atoms with E-state index >= 15 is 0 Å². The van der Waals surface area contributed by atoms with Gasteiger partial charge in [0.2, 0.25) is 0 Å². The molecule has 162 valence electrons. The van der Waals surface area contributed by atoms with Gasteiger partial charge in [0.05, 0.1) is 6.54 Å². The number of imide groups is 1. The predicted octanol–water partition coefficient (Wildman–Crippen LogP) is 0.721. The molecule has 3 aliphatic rings. The van der Waals surface area contributed by atoms with E-state index in [1.807, 2.05) is 36.1 Å². The first-order chi connectivity index (χ1) is 14.4. The topological polar surface area (TPSA) is 88.9 Å². The van der Waals surface area contributed by atoms with Crippen molar-refractivity contribution in [2.75, 3.05) is 40.3 Å². The molecular weight excluding hydrogens is 386 g/mol. The number of hydrogen-bond acceptors (Lipinski definition) is 7. The Bertz CT molecular complexity index is 854. The molecule has 0 spiro atoms. The third-order valence-corrected chi connectivity index (χ3v) is 6.01. The number of nitrogens with zero attached hydrogens (tertiary/aromatic N) is 5. The number of ether oxygens (including phenoxy) is 1. The van der Waals surface area contributed by atoms with E-state index in [-0.39, 0.29) is 25.1 Å². The van der Waals surface area contributed by atoms with Gasteiger partial charge in [-0.1, -0.05) is 18.2 Å². The lowest BCUT2D eigenvalue weighted by Gasteiger charge is -2.41. The molecular formula is C21H29N5O4.